The van der Waals surface area contributed by atoms with Gasteiger partial charge in [0, 0.05) is 6.54 Å². The molecule has 4 nitrogen and oxygen atoms in total. The molecule has 1 aliphatic heterocycles. The summed E-state index contributed by atoms with van der Waals surface area (Å²) in [5.74, 6) is 0.255. The van der Waals surface area contributed by atoms with Gasteiger partial charge in [-0.3, -0.25) is 4.79 Å². The summed E-state index contributed by atoms with van der Waals surface area (Å²) in [6, 6.07) is 6.20. The zero-order valence-electron chi connectivity index (χ0n) is 11.5. The maximum absolute atomic E-state index is 13.3. The van der Waals surface area contributed by atoms with Gasteiger partial charge < -0.3 is 15.4 Å². The molecule has 1 fully saturated rings. The summed E-state index contributed by atoms with van der Waals surface area (Å²) < 4.78 is 18.5. The smallest absolute Gasteiger partial charge is 0.223 e. The van der Waals surface area contributed by atoms with Crippen LogP contribution in [-0.2, 0) is 4.79 Å². The number of benzene rings is 1. The minimum absolute atomic E-state index is 0.0492. The summed E-state index contributed by atoms with van der Waals surface area (Å²) in [7, 11) is 0. The first-order valence-electron chi connectivity index (χ1n) is 7.10. The molecule has 0 spiro atoms. The van der Waals surface area contributed by atoms with Crippen molar-refractivity contribution in [3.05, 3.63) is 30.1 Å². The fourth-order valence-corrected chi connectivity index (χ4v) is 2.26. The number of carbonyl (C=O) groups is 1. The Morgan fingerprint density at radius 1 is 1.45 bits per heavy atom. The molecular weight excluding hydrogens is 259 g/mol. The molecule has 20 heavy (non-hydrogen) atoms. The average Bonchev–Trinajstić information content (AvgIpc) is 2.48. The zero-order valence-corrected chi connectivity index (χ0v) is 11.5. The minimum Gasteiger partial charge on any atom is -0.490 e. The third kappa shape index (κ3) is 4.81. The van der Waals surface area contributed by atoms with Crippen LogP contribution < -0.4 is 15.4 Å². The van der Waals surface area contributed by atoms with Crippen LogP contribution in [0.4, 0.5) is 4.39 Å². The van der Waals surface area contributed by atoms with Gasteiger partial charge in [0.1, 0.15) is 0 Å². The Hall–Kier alpha value is -1.62. The highest BCUT2D eigenvalue weighted by atomic mass is 19.1. The first-order valence-corrected chi connectivity index (χ1v) is 7.10. The van der Waals surface area contributed by atoms with Crippen LogP contribution in [0.5, 0.6) is 5.75 Å². The van der Waals surface area contributed by atoms with Crippen LogP contribution in [0.1, 0.15) is 19.3 Å². The van der Waals surface area contributed by atoms with E-state index in [1.165, 1.54) is 6.07 Å². The van der Waals surface area contributed by atoms with Gasteiger partial charge in [-0.2, -0.15) is 0 Å². The highest BCUT2D eigenvalue weighted by Gasteiger charge is 2.13. The second kappa shape index (κ2) is 7.85. The summed E-state index contributed by atoms with van der Waals surface area (Å²) in [6.07, 6.45) is 2.56. The van der Waals surface area contributed by atoms with Crippen LogP contribution in [-0.4, -0.2) is 32.1 Å². The van der Waals surface area contributed by atoms with Crippen LogP contribution >= 0.6 is 0 Å². The standard InChI is InChI=1S/C15H21FN2O2/c16-13-5-1-2-6-14(13)20-9-7-15(19)18-11-12-4-3-8-17-10-12/h1-2,5-6,12,17H,3-4,7-11H2,(H,18,19). The van der Waals surface area contributed by atoms with E-state index in [0.717, 1.165) is 25.9 Å². The van der Waals surface area contributed by atoms with Crippen LogP contribution in [0.3, 0.4) is 0 Å². The van der Waals surface area contributed by atoms with Gasteiger partial charge in [0.05, 0.1) is 13.0 Å². The van der Waals surface area contributed by atoms with Gasteiger partial charge in [0.2, 0.25) is 5.91 Å². The van der Waals surface area contributed by atoms with E-state index >= 15 is 0 Å². The summed E-state index contributed by atoms with van der Waals surface area (Å²) in [5.41, 5.74) is 0. The molecule has 0 aromatic heterocycles. The molecule has 110 valence electrons. The SMILES string of the molecule is O=C(CCOc1ccccc1F)NCC1CCCNC1. The van der Waals surface area contributed by atoms with Crippen molar-refractivity contribution >= 4 is 5.91 Å². The van der Waals surface area contributed by atoms with Crippen molar-refractivity contribution in [1.29, 1.82) is 0 Å². The Balaban J connectivity index is 1.61. The topological polar surface area (TPSA) is 50.4 Å². The molecule has 1 aromatic carbocycles. The van der Waals surface area contributed by atoms with Crippen molar-refractivity contribution in [3.8, 4) is 5.75 Å². The number of piperidine rings is 1. The Morgan fingerprint density at radius 3 is 3.05 bits per heavy atom. The molecule has 1 aliphatic rings. The van der Waals surface area contributed by atoms with E-state index in [-0.39, 0.29) is 24.7 Å². The van der Waals surface area contributed by atoms with Crippen LogP contribution in [0.2, 0.25) is 0 Å². The lowest BCUT2D eigenvalue weighted by Crippen LogP contribution is -2.38. The second-order valence-electron chi connectivity index (χ2n) is 5.05. The van der Waals surface area contributed by atoms with E-state index in [1.54, 1.807) is 18.2 Å². The molecule has 1 aromatic rings. The van der Waals surface area contributed by atoms with Crippen molar-refractivity contribution in [2.24, 2.45) is 5.92 Å². The number of para-hydroxylation sites is 1. The summed E-state index contributed by atoms with van der Waals surface area (Å²) in [5, 5.41) is 6.21. The number of halogens is 1. The maximum Gasteiger partial charge on any atom is 0.223 e. The lowest BCUT2D eigenvalue weighted by molar-refractivity contribution is -0.121. The molecule has 0 aliphatic carbocycles. The lowest BCUT2D eigenvalue weighted by atomic mass is 10.00. The fraction of sp³-hybridized carbons (Fsp3) is 0.533. The Kier molecular flexibility index (Phi) is 5.80. The van der Waals surface area contributed by atoms with Crippen molar-refractivity contribution in [2.75, 3.05) is 26.2 Å². The molecule has 1 heterocycles. The molecule has 1 atom stereocenters. The van der Waals surface area contributed by atoms with Crippen molar-refractivity contribution in [1.82, 2.24) is 10.6 Å². The third-order valence-electron chi connectivity index (χ3n) is 3.41. The quantitative estimate of drug-likeness (QED) is 0.834. The summed E-state index contributed by atoms with van der Waals surface area (Å²) >= 11 is 0. The Morgan fingerprint density at radius 2 is 2.30 bits per heavy atom. The third-order valence-corrected chi connectivity index (χ3v) is 3.41. The number of nitrogens with one attached hydrogen (secondary N) is 2. The molecule has 1 saturated heterocycles. The lowest BCUT2D eigenvalue weighted by Gasteiger charge is -2.22. The Labute approximate surface area is 118 Å². The number of ether oxygens (including phenoxy) is 1. The summed E-state index contributed by atoms with van der Waals surface area (Å²) in [6.45, 7) is 2.92. The van der Waals surface area contributed by atoms with Gasteiger partial charge in [0.25, 0.3) is 0 Å². The molecule has 0 saturated carbocycles. The molecular formula is C15H21FN2O2. The van der Waals surface area contributed by atoms with Crippen LogP contribution in [0, 0.1) is 11.7 Å². The van der Waals surface area contributed by atoms with Crippen molar-refractivity contribution in [3.63, 3.8) is 0 Å². The largest absolute Gasteiger partial charge is 0.490 e. The highest BCUT2D eigenvalue weighted by molar-refractivity contribution is 5.75. The minimum atomic E-state index is -0.402. The predicted octanol–water partition coefficient (Wildman–Crippen LogP) is 1.71. The number of amides is 1. The van der Waals surface area contributed by atoms with E-state index < -0.39 is 5.82 Å². The molecule has 1 unspecified atom stereocenters. The van der Waals surface area contributed by atoms with Gasteiger partial charge in [-0.1, -0.05) is 12.1 Å². The second-order valence-corrected chi connectivity index (χ2v) is 5.05. The van der Waals surface area contributed by atoms with Gasteiger partial charge in [0.15, 0.2) is 11.6 Å². The maximum atomic E-state index is 13.3. The molecule has 5 heteroatoms. The van der Waals surface area contributed by atoms with Gasteiger partial charge in [-0.15, -0.1) is 0 Å². The van der Waals surface area contributed by atoms with E-state index in [2.05, 4.69) is 10.6 Å². The van der Waals surface area contributed by atoms with Gasteiger partial charge >= 0.3 is 0 Å². The molecule has 1 amide bonds. The molecule has 0 radical (unpaired) electrons. The first kappa shape index (κ1) is 14.8. The number of carbonyl (C=O) groups excluding carboxylic acids is 1. The Bertz CT molecular complexity index is 434. The van der Waals surface area contributed by atoms with E-state index in [9.17, 15) is 9.18 Å². The fourth-order valence-electron chi connectivity index (χ4n) is 2.26. The number of hydrogen-bond donors (Lipinski definition) is 2. The van der Waals surface area contributed by atoms with E-state index in [1.807, 2.05) is 0 Å². The highest BCUT2D eigenvalue weighted by Crippen LogP contribution is 2.15. The van der Waals surface area contributed by atoms with Crippen molar-refractivity contribution < 1.29 is 13.9 Å². The molecule has 2 rings (SSSR count). The summed E-state index contributed by atoms with van der Waals surface area (Å²) in [4.78, 5) is 11.7. The zero-order chi connectivity index (χ0) is 14.2. The van der Waals surface area contributed by atoms with Crippen LogP contribution in [0.15, 0.2) is 24.3 Å². The molecule has 2 N–H and O–H groups in total. The van der Waals surface area contributed by atoms with Crippen molar-refractivity contribution in [2.45, 2.75) is 19.3 Å². The van der Waals surface area contributed by atoms with Gasteiger partial charge in [-0.25, -0.2) is 4.39 Å². The number of hydrogen-bond acceptors (Lipinski definition) is 3. The van der Waals surface area contributed by atoms with E-state index in [4.69, 9.17) is 4.74 Å². The normalized spacial score (nSPS) is 18.6. The average molecular weight is 280 g/mol. The predicted molar refractivity (Wildman–Crippen MR) is 75.1 cm³/mol. The monoisotopic (exact) mass is 280 g/mol. The number of rotatable bonds is 6. The van der Waals surface area contributed by atoms with E-state index in [0.29, 0.717) is 12.5 Å². The van der Waals surface area contributed by atoms with Gasteiger partial charge in [-0.05, 0) is 44.0 Å². The molecule has 0 bridgehead atoms. The van der Waals surface area contributed by atoms with Crippen LogP contribution in [0.25, 0.3) is 0 Å². The first-order chi connectivity index (χ1) is 9.75.